The minimum absolute atomic E-state index is 0.0119. The van der Waals surface area contributed by atoms with Gasteiger partial charge in [-0.1, -0.05) is 12.5 Å². The molecule has 0 spiro atoms. The van der Waals surface area contributed by atoms with Gasteiger partial charge in [-0.25, -0.2) is 0 Å². The van der Waals surface area contributed by atoms with E-state index in [1.165, 1.54) is 0 Å². The van der Waals surface area contributed by atoms with Crippen molar-refractivity contribution in [1.82, 2.24) is 20.1 Å². The Kier molecular flexibility index (Phi) is 9.56. The van der Waals surface area contributed by atoms with Gasteiger partial charge in [-0.15, -0.1) is 0 Å². The van der Waals surface area contributed by atoms with Gasteiger partial charge in [-0.3, -0.25) is 24.3 Å². The van der Waals surface area contributed by atoms with E-state index in [1.54, 1.807) is 6.20 Å². The number of carboxylic acids is 1. The summed E-state index contributed by atoms with van der Waals surface area (Å²) in [6.45, 7) is 3.98. The van der Waals surface area contributed by atoms with Gasteiger partial charge in [0.1, 0.15) is 0 Å². The predicted molar refractivity (Wildman–Crippen MR) is 109 cm³/mol. The minimum Gasteiger partial charge on any atom is -0.480 e. The molecule has 29 heavy (non-hydrogen) atoms. The Labute approximate surface area is 172 Å². The number of carbonyl (C=O) groups excluding carboxylic acids is 2. The molecule has 1 unspecified atom stereocenters. The van der Waals surface area contributed by atoms with Crippen LogP contribution in [0.3, 0.4) is 0 Å². The average molecular weight is 405 g/mol. The van der Waals surface area contributed by atoms with Crippen molar-refractivity contribution < 1.29 is 19.5 Å². The summed E-state index contributed by atoms with van der Waals surface area (Å²) in [4.78, 5) is 43.0. The van der Waals surface area contributed by atoms with Gasteiger partial charge in [-0.2, -0.15) is 0 Å². The summed E-state index contributed by atoms with van der Waals surface area (Å²) in [5.41, 5.74) is 0.838. The molecule has 0 saturated carbocycles. The Morgan fingerprint density at radius 1 is 1.28 bits per heavy atom. The normalized spacial score (nSPS) is 16.2. The second-order valence-corrected chi connectivity index (χ2v) is 7.59. The van der Waals surface area contributed by atoms with Crippen molar-refractivity contribution in [2.24, 2.45) is 0 Å². The van der Waals surface area contributed by atoms with Gasteiger partial charge in [0.25, 0.3) is 0 Å². The first-order chi connectivity index (χ1) is 14.0. The Morgan fingerprint density at radius 3 is 2.76 bits per heavy atom. The number of unbranched alkanes of at least 4 members (excludes halogenated alkanes) is 2. The second-order valence-electron chi connectivity index (χ2n) is 7.59. The van der Waals surface area contributed by atoms with E-state index in [0.29, 0.717) is 25.9 Å². The Hall–Kier alpha value is -2.48. The molecule has 1 fully saturated rings. The highest BCUT2D eigenvalue weighted by molar-refractivity contribution is 5.85. The molecule has 2 heterocycles. The van der Waals surface area contributed by atoms with Crippen LogP contribution in [-0.2, 0) is 20.9 Å². The third-order valence-electron chi connectivity index (χ3n) is 5.16. The number of aromatic nitrogens is 1. The van der Waals surface area contributed by atoms with Crippen LogP contribution in [0.15, 0.2) is 24.4 Å². The Morgan fingerprint density at radius 2 is 2.10 bits per heavy atom. The van der Waals surface area contributed by atoms with E-state index in [9.17, 15) is 14.4 Å². The van der Waals surface area contributed by atoms with Gasteiger partial charge in [0.05, 0.1) is 18.8 Å². The van der Waals surface area contributed by atoms with Crippen molar-refractivity contribution in [3.8, 4) is 0 Å². The van der Waals surface area contributed by atoms with Crippen LogP contribution in [0.5, 0.6) is 0 Å². The molecule has 160 valence electrons. The van der Waals surface area contributed by atoms with E-state index in [2.05, 4.69) is 10.3 Å². The van der Waals surface area contributed by atoms with Crippen LogP contribution in [0.2, 0.25) is 0 Å². The second kappa shape index (κ2) is 12.2. The van der Waals surface area contributed by atoms with E-state index in [0.717, 1.165) is 37.9 Å². The first-order valence-corrected chi connectivity index (χ1v) is 10.4. The molecule has 1 aromatic heterocycles. The molecule has 0 aromatic carbocycles. The fourth-order valence-electron chi connectivity index (χ4n) is 3.59. The SMILES string of the molecule is CC1CCCN1C(=O)CNC(=O)CCCCCN(CC(=O)O)Cc1ccccn1. The highest BCUT2D eigenvalue weighted by Crippen LogP contribution is 2.15. The standard InChI is InChI=1S/C21H32N4O4/c1-17-8-7-13-25(17)20(27)14-23-19(26)10-3-2-6-12-24(16-21(28)29)15-18-9-4-5-11-22-18/h4-5,9,11,17H,2-3,6-8,10,12-16H2,1H3,(H,23,26)(H,28,29). The summed E-state index contributed by atoms with van der Waals surface area (Å²) in [6.07, 6.45) is 6.47. The number of hydrogen-bond acceptors (Lipinski definition) is 5. The van der Waals surface area contributed by atoms with Crippen LogP contribution in [-0.4, -0.2) is 69.9 Å². The number of carbonyl (C=O) groups is 3. The lowest BCUT2D eigenvalue weighted by Gasteiger charge is -2.21. The number of pyridine rings is 1. The van der Waals surface area contributed by atoms with E-state index < -0.39 is 5.97 Å². The Balaban J connectivity index is 1.60. The summed E-state index contributed by atoms with van der Waals surface area (Å²) in [7, 11) is 0. The predicted octanol–water partition coefficient (Wildman–Crippen LogP) is 1.66. The zero-order chi connectivity index (χ0) is 21.1. The Bertz CT molecular complexity index is 668. The first kappa shape index (κ1) is 22.8. The molecule has 0 aliphatic carbocycles. The third-order valence-corrected chi connectivity index (χ3v) is 5.16. The van der Waals surface area contributed by atoms with Crippen LogP contribution in [0.25, 0.3) is 0 Å². The summed E-state index contributed by atoms with van der Waals surface area (Å²) in [5, 5.41) is 11.8. The van der Waals surface area contributed by atoms with Crippen LogP contribution in [0.1, 0.15) is 51.1 Å². The number of nitrogens with one attached hydrogen (secondary N) is 1. The van der Waals surface area contributed by atoms with E-state index in [-0.39, 0.29) is 30.9 Å². The van der Waals surface area contributed by atoms with E-state index >= 15 is 0 Å². The summed E-state index contributed by atoms with van der Waals surface area (Å²) in [5.74, 6) is -0.986. The molecule has 2 amide bonds. The number of amides is 2. The number of aliphatic carboxylic acids is 1. The highest BCUT2D eigenvalue weighted by Gasteiger charge is 2.24. The molecule has 0 radical (unpaired) electrons. The van der Waals surface area contributed by atoms with Gasteiger partial charge in [0, 0.05) is 31.7 Å². The molecule has 8 heteroatoms. The van der Waals surface area contributed by atoms with Gasteiger partial charge in [0.15, 0.2) is 0 Å². The third kappa shape index (κ3) is 8.60. The number of rotatable bonds is 12. The molecule has 1 aliphatic rings. The molecule has 0 bridgehead atoms. The topological polar surface area (TPSA) is 103 Å². The first-order valence-electron chi connectivity index (χ1n) is 10.4. The fourth-order valence-corrected chi connectivity index (χ4v) is 3.59. The molecule has 1 atom stereocenters. The number of carboxylic acid groups (broad SMARTS) is 1. The summed E-state index contributed by atoms with van der Waals surface area (Å²) in [6, 6.07) is 5.85. The number of likely N-dealkylation sites (tertiary alicyclic amines) is 1. The molecular formula is C21H32N4O4. The smallest absolute Gasteiger partial charge is 0.317 e. The van der Waals surface area contributed by atoms with Crippen molar-refractivity contribution in [2.75, 3.05) is 26.2 Å². The van der Waals surface area contributed by atoms with Crippen LogP contribution in [0.4, 0.5) is 0 Å². The summed E-state index contributed by atoms with van der Waals surface area (Å²) >= 11 is 0. The van der Waals surface area contributed by atoms with Crippen LogP contribution >= 0.6 is 0 Å². The number of hydrogen-bond donors (Lipinski definition) is 2. The highest BCUT2D eigenvalue weighted by atomic mass is 16.4. The lowest BCUT2D eigenvalue weighted by Crippen LogP contribution is -2.41. The van der Waals surface area contributed by atoms with Gasteiger partial charge < -0.3 is 15.3 Å². The molecular weight excluding hydrogens is 372 g/mol. The molecule has 1 saturated heterocycles. The summed E-state index contributed by atoms with van der Waals surface area (Å²) < 4.78 is 0. The van der Waals surface area contributed by atoms with Gasteiger partial charge in [0.2, 0.25) is 11.8 Å². The maximum absolute atomic E-state index is 12.1. The van der Waals surface area contributed by atoms with Crippen molar-refractivity contribution in [2.45, 2.75) is 58.0 Å². The van der Waals surface area contributed by atoms with Gasteiger partial charge in [-0.05, 0) is 51.3 Å². The average Bonchev–Trinajstić information content (AvgIpc) is 3.12. The number of nitrogens with zero attached hydrogens (tertiary/aromatic N) is 3. The largest absolute Gasteiger partial charge is 0.480 e. The van der Waals surface area contributed by atoms with Crippen LogP contribution in [0, 0.1) is 0 Å². The molecule has 8 nitrogen and oxygen atoms in total. The maximum atomic E-state index is 12.1. The zero-order valence-electron chi connectivity index (χ0n) is 17.2. The van der Waals surface area contributed by atoms with E-state index in [4.69, 9.17) is 5.11 Å². The van der Waals surface area contributed by atoms with Crippen molar-refractivity contribution >= 4 is 17.8 Å². The zero-order valence-corrected chi connectivity index (χ0v) is 17.2. The quantitative estimate of drug-likeness (QED) is 0.514. The van der Waals surface area contributed by atoms with E-state index in [1.807, 2.05) is 34.9 Å². The maximum Gasteiger partial charge on any atom is 0.317 e. The van der Waals surface area contributed by atoms with Gasteiger partial charge >= 0.3 is 5.97 Å². The van der Waals surface area contributed by atoms with Crippen molar-refractivity contribution in [3.05, 3.63) is 30.1 Å². The lowest BCUT2D eigenvalue weighted by molar-refractivity contribution is -0.138. The monoisotopic (exact) mass is 404 g/mol. The molecule has 2 N–H and O–H groups in total. The lowest BCUT2D eigenvalue weighted by atomic mass is 10.1. The molecule has 1 aliphatic heterocycles. The molecule has 2 rings (SSSR count). The van der Waals surface area contributed by atoms with Crippen LogP contribution < -0.4 is 5.32 Å². The van der Waals surface area contributed by atoms with Crippen molar-refractivity contribution in [3.63, 3.8) is 0 Å². The molecule has 1 aromatic rings. The fraction of sp³-hybridized carbons (Fsp3) is 0.619. The van der Waals surface area contributed by atoms with Crippen molar-refractivity contribution in [1.29, 1.82) is 0 Å². The minimum atomic E-state index is -0.864.